The maximum Gasteiger partial charge on any atom is 0.333 e. The van der Waals surface area contributed by atoms with Gasteiger partial charge in [-0.05, 0) is 41.9 Å². The van der Waals surface area contributed by atoms with Gasteiger partial charge in [-0.25, -0.2) is 4.79 Å². The van der Waals surface area contributed by atoms with E-state index in [4.69, 9.17) is 9.16 Å². The molecule has 22 heavy (non-hydrogen) atoms. The largest absolute Gasteiger partial charge is 0.497 e. The van der Waals surface area contributed by atoms with Crippen molar-refractivity contribution in [3.63, 3.8) is 0 Å². The lowest BCUT2D eigenvalue weighted by Crippen LogP contribution is -2.41. The lowest BCUT2D eigenvalue weighted by atomic mass is 10.1. The SMILES string of the molecule is COc1cccc(/C=C(\CO[Si](C)(C)C(C)(C)C)C(=O)O)c1. The average Bonchev–Trinajstić information content (AvgIpc) is 2.42. The standard InChI is InChI=1S/C17H26O4Si/c1-17(2,3)22(5,6)21-12-14(16(18)19)10-13-8-7-9-15(11-13)20-4/h7-11H,12H2,1-6H3,(H,18,19)/b14-10+. The number of hydrogen-bond donors (Lipinski definition) is 1. The van der Waals surface area contributed by atoms with Crippen LogP contribution in [0.15, 0.2) is 29.8 Å². The Kier molecular flexibility index (Phi) is 5.97. The lowest BCUT2D eigenvalue weighted by molar-refractivity contribution is -0.132. The second-order valence-electron chi connectivity index (χ2n) is 6.80. The molecule has 1 aromatic rings. The number of carboxylic acids is 1. The first-order valence-electron chi connectivity index (χ1n) is 7.29. The Balaban J connectivity index is 2.95. The Morgan fingerprint density at radius 1 is 1.32 bits per heavy atom. The topological polar surface area (TPSA) is 55.8 Å². The van der Waals surface area contributed by atoms with Gasteiger partial charge in [-0.3, -0.25) is 0 Å². The van der Waals surface area contributed by atoms with Crippen molar-refractivity contribution in [2.75, 3.05) is 13.7 Å². The zero-order valence-corrected chi connectivity index (χ0v) is 15.3. The predicted octanol–water partition coefficient (Wildman–Crippen LogP) is 4.19. The second-order valence-corrected chi connectivity index (χ2v) is 11.6. The van der Waals surface area contributed by atoms with Gasteiger partial charge in [-0.15, -0.1) is 0 Å². The molecule has 5 heteroatoms. The molecular formula is C17H26O4Si. The van der Waals surface area contributed by atoms with Crippen LogP contribution in [0.4, 0.5) is 0 Å². The summed E-state index contributed by atoms with van der Waals surface area (Å²) in [5.41, 5.74) is 1.04. The van der Waals surface area contributed by atoms with Crippen LogP contribution < -0.4 is 4.74 Å². The fourth-order valence-electron chi connectivity index (χ4n) is 1.57. The van der Waals surface area contributed by atoms with Crippen LogP contribution in [0.25, 0.3) is 6.08 Å². The minimum absolute atomic E-state index is 0.0482. The van der Waals surface area contributed by atoms with Crippen molar-refractivity contribution in [1.29, 1.82) is 0 Å². The second kappa shape index (κ2) is 7.11. The Morgan fingerprint density at radius 2 is 1.95 bits per heavy atom. The quantitative estimate of drug-likeness (QED) is 0.630. The Morgan fingerprint density at radius 3 is 2.45 bits per heavy atom. The minimum Gasteiger partial charge on any atom is -0.497 e. The van der Waals surface area contributed by atoms with Gasteiger partial charge in [-0.1, -0.05) is 32.9 Å². The van der Waals surface area contributed by atoms with Crippen LogP contribution in [0.3, 0.4) is 0 Å². The molecule has 1 N–H and O–H groups in total. The first-order chi connectivity index (χ1) is 10.1. The van der Waals surface area contributed by atoms with Gasteiger partial charge in [0.15, 0.2) is 8.32 Å². The third kappa shape index (κ3) is 5.00. The van der Waals surface area contributed by atoms with Gasteiger partial charge in [-0.2, -0.15) is 0 Å². The highest BCUT2D eigenvalue weighted by atomic mass is 28.4. The fraction of sp³-hybridized carbons (Fsp3) is 0.471. The van der Waals surface area contributed by atoms with Crippen molar-refractivity contribution in [1.82, 2.24) is 0 Å². The molecule has 0 radical (unpaired) electrons. The van der Waals surface area contributed by atoms with E-state index in [1.54, 1.807) is 19.3 Å². The lowest BCUT2D eigenvalue weighted by Gasteiger charge is -2.36. The highest BCUT2D eigenvalue weighted by Crippen LogP contribution is 2.36. The van der Waals surface area contributed by atoms with E-state index in [0.717, 1.165) is 5.56 Å². The molecule has 0 saturated heterocycles. The maximum absolute atomic E-state index is 11.5. The Hall–Kier alpha value is -1.59. The summed E-state index contributed by atoms with van der Waals surface area (Å²) < 4.78 is 11.2. The van der Waals surface area contributed by atoms with E-state index in [-0.39, 0.29) is 17.2 Å². The Labute approximate surface area is 133 Å². The summed E-state index contributed by atoms with van der Waals surface area (Å²) in [7, 11) is -0.393. The molecule has 0 aromatic heterocycles. The monoisotopic (exact) mass is 322 g/mol. The van der Waals surface area contributed by atoms with E-state index in [2.05, 4.69) is 33.9 Å². The van der Waals surface area contributed by atoms with E-state index < -0.39 is 14.3 Å². The maximum atomic E-state index is 11.5. The smallest absolute Gasteiger partial charge is 0.333 e. The Bertz CT molecular complexity index is 556. The molecule has 0 aliphatic carbocycles. The number of aliphatic carboxylic acids is 1. The van der Waals surface area contributed by atoms with Crippen LogP contribution >= 0.6 is 0 Å². The van der Waals surface area contributed by atoms with Crippen molar-refractivity contribution in [2.24, 2.45) is 0 Å². The van der Waals surface area contributed by atoms with Crippen LogP contribution in [0.5, 0.6) is 5.75 Å². The van der Waals surface area contributed by atoms with E-state index >= 15 is 0 Å². The van der Waals surface area contributed by atoms with Gasteiger partial charge in [0.1, 0.15) is 5.75 Å². The first kappa shape index (κ1) is 18.5. The van der Waals surface area contributed by atoms with Crippen LogP contribution in [0.1, 0.15) is 26.3 Å². The molecule has 0 spiro atoms. The normalized spacial score (nSPS) is 13.1. The van der Waals surface area contributed by atoms with E-state index in [1.165, 1.54) is 0 Å². The fourth-order valence-corrected chi connectivity index (χ4v) is 2.52. The molecule has 0 saturated carbocycles. The van der Waals surface area contributed by atoms with Crippen molar-refractivity contribution < 1.29 is 19.1 Å². The zero-order valence-electron chi connectivity index (χ0n) is 14.3. The number of rotatable bonds is 6. The molecule has 1 aromatic carbocycles. The molecule has 4 nitrogen and oxygen atoms in total. The van der Waals surface area contributed by atoms with Gasteiger partial charge < -0.3 is 14.3 Å². The third-order valence-electron chi connectivity index (χ3n) is 4.10. The highest BCUT2D eigenvalue weighted by Gasteiger charge is 2.37. The van der Waals surface area contributed by atoms with E-state index in [0.29, 0.717) is 5.75 Å². The van der Waals surface area contributed by atoms with Crippen LogP contribution in [0.2, 0.25) is 18.1 Å². The number of hydrogen-bond acceptors (Lipinski definition) is 3. The molecule has 0 bridgehead atoms. The average molecular weight is 322 g/mol. The summed E-state index contributed by atoms with van der Waals surface area (Å²) in [5.74, 6) is -0.259. The summed E-state index contributed by atoms with van der Waals surface area (Å²) in [5, 5.41) is 9.44. The highest BCUT2D eigenvalue weighted by molar-refractivity contribution is 6.74. The molecule has 122 valence electrons. The summed E-state index contributed by atoms with van der Waals surface area (Å²) in [4.78, 5) is 11.5. The molecule has 1 rings (SSSR count). The predicted molar refractivity (Wildman–Crippen MR) is 91.8 cm³/mol. The molecule has 0 aliphatic rings. The van der Waals surface area contributed by atoms with E-state index in [9.17, 15) is 9.90 Å². The number of carboxylic acid groups (broad SMARTS) is 1. The van der Waals surface area contributed by atoms with Crippen molar-refractivity contribution >= 4 is 20.4 Å². The summed E-state index contributed by atoms with van der Waals surface area (Å²) in [6.45, 7) is 10.7. The van der Waals surface area contributed by atoms with Crippen LogP contribution in [0, 0.1) is 0 Å². The van der Waals surface area contributed by atoms with Crippen LogP contribution in [-0.2, 0) is 9.22 Å². The number of benzene rings is 1. The van der Waals surface area contributed by atoms with Gasteiger partial charge in [0, 0.05) is 0 Å². The van der Waals surface area contributed by atoms with Gasteiger partial charge in [0.2, 0.25) is 0 Å². The zero-order chi connectivity index (χ0) is 17.0. The molecule has 0 heterocycles. The summed E-state index contributed by atoms with van der Waals surface area (Å²) in [6, 6.07) is 7.30. The van der Waals surface area contributed by atoms with Crippen LogP contribution in [-0.4, -0.2) is 33.1 Å². The van der Waals surface area contributed by atoms with Gasteiger partial charge in [0.25, 0.3) is 0 Å². The van der Waals surface area contributed by atoms with Gasteiger partial charge >= 0.3 is 5.97 Å². The van der Waals surface area contributed by atoms with Crippen molar-refractivity contribution in [3.8, 4) is 5.75 Å². The van der Waals surface area contributed by atoms with Crippen molar-refractivity contribution in [2.45, 2.75) is 38.9 Å². The molecular weight excluding hydrogens is 296 g/mol. The molecule has 0 unspecified atom stereocenters. The number of ether oxygens (including phenoxy) is 1. The number of methoxy groups -OCH3 is 1. The van der Waals surface area contributed by atoms with E-state index in [1.807, 2.05) is 18.2 Å². The molecule has 0 fully saturated rings. The third-order valence-corrected chi connectivity index (χ3v) is 8.58. The molecule has 0 amide bonds. The number of carbonyl (C=O) groups is 1. The van der Waals surface area contributed by atoms with Gasteiger partial charge in [0.05, 0.1) is 19.3 Å². The molecule has 0 atom stereocenters. The first-order valence-corrected chi connectivity index (χ1v) is 10.2. The van der Waals surface area contributed by atoms with Crippen molar-refractivity contribution in [3.05, 3.63) is 35.4 Å². The summed E-state index contributed by atoms with van der Waals surface area (Å²) >= 11 is 0. The molecule has 0 aliphatic heterocycles. The minimum atomic E-state index is -1.98. The summed E-state index contributed by atoms with van der Waals surface area (Å²) in [6.07, 6.45) is 1.64.